The number of rotatable bonds is 2. The highest BCUT2D eigenvalue weighted by Gasteiger charge is 2.38. The van der Waals surface area contributed by atoms with Gasteiger partial charge in [-0.3, -0.25) is 4.90 Å². The van der Waals surface area contributed by atoms with Crippen LogP contribution in [0.1, 0.15) is 52.9 Å². The molecule has 2 rings (SSSR count). The molecule has 0 bridgehead atoms. The first-order valence-electron chi connectivity index (χ1n) is 7.43. The largest absolute Gasteiger partial charge is 0.315 e. The fourth-order valence-electron chi connectivity index (χ4n) is 3.80. The van der Waals surface area contributed by atoms with Gasteiger partial charge in [-0.05, 0) is 57.0 Å². The van der Waals surface area contributed by atoms with Gasteiger partial charge in [-0.15, -0.1) is 0 Å². The van der Waals surface area contributed by atoms with Gasteiger partial charge in [0.25, 0.3) is 0 Å². The van der Waals surface area contributed by atoms with E-state index in [1.54, 1.807) is 0 Å². The molecule has 1 heterocycles. The van der Waals surface area contributed by atoms with Gasteiger partial charge in [0, 0.05) is 18.6 Å². The lowest BCUT2D eigenvalue weighted by Crippen LogP contribution is -2.56. The van der Waals surface area contributed by atoms with Crippen molar-refractivity contribution in [3.05, 3.63) is 0 Å². The average molecular weight is 238 g/mol. The molecule has 1 aliphatic heterocycles. The first-order valence-corrected chi connectivity index (χ1v) is 7.43. The molecule has 0 radical (unpaired) electrons. The first kappa shape index (κ1) is 13.4. The van der Waals surface area contributed by atoms with E-state index in [-0.39, 0.29) is 0 Å². The number of likely N-dealkylation sites (N-methyl/N-ethyl adjacent to an activating group) is 1. The van der Waals surface area contributed by atoms with Gasteiger partial charge in [-0.1, -0.05) is 20.8 Å². The monoisotopic (exact) mass is 238 g/mol. The third-order valence-electron chi connectivity index (χ3n) is 4.89. The predicted molar refractivity (Wildman–Crippen MR) is 74.2 cm³/mol. The van der Waals surface area contributed by atoms with Crippen molar-refractivity contribution >= 4 is 0 Å². The molecule has 0 aromatic rings. The Morgan fingerprint density at radius 1 is 1.24 bits per heavy atom. The molecular weight excluding hydrogens is 208 g/mol. The minimum Gasteiger partial charge on any atom is -0.315 e. The minimum atomic E-state index is 0.540. The number of likely N-dealkylation sites (tertiary alicyclic amines) is 1. The zero-order valence-electron chi connectivity index (χ0n) is 12.1. The normalized spacial score (nSPS) is 39.2. The lowest BCUT2D eigenvalue weighted by Gasteiger charge is -2.48. The maximum atomic E-state index is 3.56. The van der Waals surface area contributed by atoms with Gasteiger partial charge in [0.05, 0.1) is 0 Å². The summed E-state index contributed by atoms with van der Waals surface area (Å²) in [5.41, 5.74) is 0.540. The Kier molecular flexibility index (Phi) is 4.14. The first-order chi connectivity index (χ1) is 8.02. The van der Waals surface area contributed by atoms with Crippen LogP contribution in [0.3, 0.4) is 0 Å². The van der Waals surface area contributed by atoms with E-state index < -0.39 is 0 Å². The summed E-state index contributed by atoms with van der Waals surface area (Å²) in [6, 6.07) is 1.49. The van der Waals surface area contributed by atoms with Crippen molar-refractivity contribution in [3.63, 3.8) is 0 Å². The highest BCUT2D eigenvalue weighted by Crippen LogP contribution is 2.38. The molecule has 1 saturated heterocycles. The van der Waals surface area contributed by atoms with Crippen molar-refractivity contribution in [1.82, 2.24) is 10.2 Å². The second-order valence-electron chi connectivity index (χ2n) is 7.11. The van der Waals surface area contributed by atoms with Gasteiger partial charge in [0.1, 0.15) is 0 Å². The molecule has 17 heavy (non-hydrogen) atoms. The molecule has 2 fully saturated rings. The lowest BCUT2D eigenvalue weighted by atomic mass is 9.72. The SMILES string of the molecule is CNC1CCC(C)(C)CC1N1CCCC(C)C1. The zero-order chi connectivity index (χ0) is 12.5. The smallest absolute Gasteiger partial charge is 0.0254 e. The van der Waals surface area contributed by atoms with Crippen LogP contribution in [0.5, 0.6) is 0 Å². The van der Waals surface area contributed by atoms with E-state index >= 15 is 0 Å². The highest BCUT2D eigenvalue weighted by molar-refractivity contribution is 4.95. The van der Waals surface area contributed by atoms with Crippen molar-refractivity contribution in [3.8, 4) is 0 Å². The van der Waals surface area contributed by atoms with Gasteiger partial charge in [0.15, 0.2) is 0 Å². The summed E-state index contributed by atoms with van der Waals surface area (Å²) in [4.78, 5) is 2.77. The third kappa shape index (κ3) is 3.23. The van der Waals surface area contributed by atoms with Crippen LogP contribution in [0.4, 0.5) is 0 Å². The van der Waals surface area contributed by atoms with E-state index in [2.05, 4.69) is 38.0 Å². The number of piperidine rings is 1. The minimum absolute atomic E-state index is 0.540. The summed E-state index contributed by atoms with van der Waals surface area (Å²) in [5, 5.41) is 3.56. The van der Waals surface area contributed by atoms with Crippen LogP contribution in [-0.2, 0) is 0 Å². The van der Waals surface area contributed by atoms with Crippen molar-refractivity contribution < 1.29 is 0 Å². The Hall–Kier alpha value is -0.0800. The maximum Gasteiger partial charge on any atom is 0.0254 e. The van der Waals surface area contributed by atoms with Crippen LogP contribution in [0, 0.1) is 11.3 Å². The molecule has 2 nitrogen and oxygen atoms in total. The van der Waals surface area contributed by atoms with Crippen LogP contribution in [-0.4, -0.2) is 37.1 Å². The Labute approximate surface area is 107 Å². The zero-order valence-corrected chi connectivity index (χ0v) is 12.1. The van der Waals surface area contributed by atoms with E-state index in [1.165, 1.54) is 45.2 Å². The Morgan fingerprint density at radius 2 is 2.00 bits per heavy atom. The van der Waals surface area contributed by atoms with Crippen LogP contribution >= 0.6 is 0 Å². The van der Waals surface area contributed by atoms with E-state index in [9.17, 15) is 0 Å². The van der Waals surface area contributed by atoms with E-state index in [1.807, 2.05) is 0 Å². The summed E-state index contributed by atoms with van der Waals surface area (Å²) in [5.74, 6) is 0.895. The van der Waals surface area contributed by atoms with Gasteiger partial charge < -0.3 is 5.32 Å². The molecule has 3 atom stereocenters. The fourth-order valence-corrected chi connectivity index (χ4v) is 3.80. The van der Waals surface area contributed by atoms with Crippen molar-refractivity contribution in [2.75, 3.05) is 20.1 Å². The van der Waals surface area contributed by atoms with E-state index in [0.717, 1.165) is 12.0 Å². The molecule has 100 valence electrons. The number of hydrogen-bond acceptors (Lipinski definition) is 2. The Bertz CT molecular complexity index is 249. The molecule has 0 aromatic carbocycles. The van der Waals surface area contributed by atoms with Crippen molar-refractivity contribution in [1.29, 1.82) is 0 Å². The molecule has 3 unspecified atom stereocenters. The average Bonchev–Trinajstić information content (AvgIpc) is 2.28. The molecule has 0 amide bonds. The number of hydrogen-bond donors (Lipinski definition) is 1. The molecule has 0 spiro atoms. The summed E-state index contributed by atoms with van der Waals surface area (Å²) in [6.07, 6.45) is 6.91. The van der Waals surface area contributed by atoms with Gasteiger partial charge in [-0.25, -0.2) is 0 Å². The van der Waals surface area contributed by atoms with Crippen LogP contribution in [0.15, 0.2) is 0 Å². The van der Waals surface area contributed by atoms with Crippen molar-refractivity contribution in [2.24, 2.45) is 11.3 Å². The van der Waals surface area contributed by atoms with Crippen LogP contribution in [0.25, 0.3) is 0 Å². The van der Waals surface area contributed by atoms with Gasteiger partial charge in [0.2, 0.25) is 0 Å². The number of nitrogens with zero attached hydrogens (tertiary/aromatic N) is 1. The van der Waals surface area contributed by atoms with Gasteiger partial charge >= 0.3 is 0 Å². The predicted octanol–water partition coefficient (Wildman–Crippen LogP) is 2.89. The second-order valence-corrected chi connectivity index (χ2v) is 7.11. The lowest BCUT2D eigenvalue weighted by molar-refractivity contribution is 0.0411. The molecule has 0 aromatic heterocycles. The molecule has 1 N–H and O–H groups in total. The third-order valence-corrected chi connectivity index (χ3v) is 4.89. The summed E-state index contributed by atoms with van der Waals surface area (Å²) >= 11 is 0. The second kappa shape index (κ2) is 5.27. The molecule has 1 saturated carbocycles. The summed E-state index contributed by atoms with van der Waals surface area (Å²) in [6.45, 7) is 9.94. The Morgan fingerprint density at radius 3 is 2.65 bits per heavy atom. The standard InChI is InChI=1S/C15H30N2/c1-12-6-5-9-17(11-12)14-10-15(2,3)8-7-13(14)16-4/h12-14,16H,5-11H2,1-4H3. The van der Waals surface area contributed by atoms with E-state index in [0.29, 0.717) is 11.5 Å². The molecular formula is C15H30N2. The van der Waals surface area contributed by atoms with Gasteiger partial charge in [-0.2, -0.15) is 0 Å². The van der Waals surface area contributed by atoms with E-state index in [4.69, 9.17) is 0 Å². The van der Waals surface area contributed by atoms with Crippen LogP contribution < -0.4 is 5.32 Å². The van der Waals surface area contributed by atoms with Crippen molar-refractivity contribution in [2.45, 2.75) is 65.0 Å². The molecule has 2 aliphatic rings. The molecule has 1 aliphatic carbocycles. The fraction of sp³-hybridized carbons (Fsp3) is 1.00. The number of nitrogens with one attached hydrogen (secondary N) is 1. The molecule has 2 heteroatoms. The maximum absolute atomic E-state index is 3.56. The highest BCUT2D eigenvalue weighted by atomic mass is 15.2. The van der Waals surface area contributed by atoms with Crippen LogP contribution in [0.2, 0.25) is 0 Å². The topological polar surface area (TPSA) is 15.3 Å². The Balaban J connectivity index is 2.04. The summed E-state index contributed by atoms with van der Waals surface area (Å²) < 4.78 is 0. The summed E-state index contributed by atoms with van der Waals surface area (Å²) in [7, 11) is 2.14. The quantitative estimate of drug-likeness (QED) is 0.796.